The van der Waals surface area contributed by atoms with Gasteiger partial charge in [-0.2, -0.15) is 5.10 Å². The van der Waals surface area contributed by atoms with Gasteiger partial charge in [0.15, 0.2) is 0 Å². The molecule has 3 N–H and O–H groups in total. The van der Waals surface area contributed by atoms with Gasteiger partial charge in [-0.15, -0.1) is 0 Å². The van der Waals surface area contributed by atoms with E-state index in [0.717, 1.165) is 0 Å². The van der Waals surface area contributed by atoms with Gasteiger partial charge in [-0.3, -0.25) is 14.7 Å². The van der Waals surface area contributed by atoms with Gasteiger partial charge >= 0.3 is 5.69 Å². The highest BCUT2D eigenvalue weighted by molar-refractivity contribution is 5.83. The van der Waals surface area contributed by atoms with E-state index in [-0.39, 0.29) is 11.6 Å². The first-order valence-corrected chi connectivity index (χ1v) is 6.81. The zero-order valence-electron chi connectivity index (χ0n) is 12.4. The Kier molecular flexibility index (Phi) is 5.05. The summed E-state index contributed by atoms with van der Waals surface area (Å²) in [6.07, 6.45) is 0.377. The van der Waals surface area contributed by atoms with Crippen LogP contribution in [0.1, 0.15) is 17.4 Å². The van der Waals surface area contributed by atoms with E-state index in [4.69, 9.17) is 0 Å². The van der Waals surface area contributed by atoms with Gasteiger partial charge in [0, 0.05) is 18.5 Å². The van der Waals surface area contributed by atoms with Crippen LogP contribution in [-0.4, -0.2) is 46.6 Å². The Morgan fingerprint density at radius 1 is 1.41 bits per heavy atom. The molecule has 0 fully saturated rings. The molecule has 1 atom stereocenters. The summed E-state index contributed by atoms with van der Waals surface area (Å²) in [5.74, 6) is -0.279. The molecule has 0 aliphatic heterocycles. The Hall–Kier alpha value is -2.48. The molecule has 0 saturated heterocycles. The second-order valence-corrected chi connectivity index (χ2v) is 5.05. The second kappa shape index (κ2) is 6.99. The number of aromatic amines is 2. The summed E-state index contributed by atoms with van der Waals surface area (Å²) in [4.78, 5) is 27.4. The molecular formula is C14H18FN5O2. The number of aromatic nitrogens is 3. The molecule has 0 aliphatic rings. The first-order valence-electron chi connectivity index (χ1n) is 6.81. The molecule has 0 spiro atoms. The Balaban J connectivity index is 2.01. The maximum Gasteiger partial charge on any atom is 0.340 e. The summed E-state index contributed by atoms with van der Waals surface area (Å²) >= 11 is 0. The lowest BCUT2D eigenvalue weighted by Crippen LogP contribution is -2.38. The van der Waals surface area contributed by atoms with Crippen molar-refractivity contribution in [1.82, 2.24) is 25.4 Å². The van der Waals surface area contributed by atoms with Gasteiger partial charge in [-0.25, -0.2) is 14.3 Å². The van der Waals surface area contributed by atoms with Gasteiger partial charge in [-0.1, -0.05) is 18.2 Å². The quantitative estimate of drug-likeness (QED) is 0.710. The first-order chi connectivity index (χ1) is 10.5. The Bertz CT molecular complexity index is 694. The Morgan fingerprint density at radius 3 is 2.73 bits per heavy atom. The van der Waals surface area contributed by atoms with Crippen molar-refractivity contribution in [2.24, 2.45) is 0 Å². The van der Waals surface area contributed by atoms with E-state index in [2.05, 4.69) is 20.5 Å². The van der Waals surface area contributed by atoms with Crippen LogP contribution in [0.25, 0.3) is 0 Å². The minimum Gasteiger partial charge on any atom is -0.354 e. The maximum atomic E-state index is 13.9. The minimum absolute atomic E-state index is 0.290. The number of amides is 1. The molecule has 8 heteroatoms. The molecule has 0 saturated carbocycles. The van der Waals surface area contributed by atoms with Gasteiger partial charge in [0.25, 0.3) is 0 Å². The van der Waals surface area contributed by atoms with Gasteiger partial charge in [0.1, 0.15) is 17.7 Å². The third-order valence-electron chi connectivity index (χ3n) is 3.18. The SMILES string of the molecule is CN(C)[C@@H](C(=O)NCCc1n[nH]c(=O)[nH]1)c1ccccc1F. The molecule has 0 bridgehead atoms. The molecule has 1 amide bonds. The summed E-state index contributed by atoms with van der Waals surface area (Å²) in [7, 11) is 3.42. The fourth-order valence-electron chi connectivity index (χ4n) is 2.18. The van der Waals surface area contributed by atoms with E-state index in [9.17, 15) is 14.0 Å². The third-order valence-corrected chi connectivity index (χ3v) is 3.18. The maximum absolute atomic E-state index is 13.9. The normalized spacial score (nSPS) is 12.4. The highest BCUT2D eigenvalue weighted by Gasteiger charge is 2.25. The van der Waals surface area contributed by atoms with Crippen molar-refractivity contribution in [2.75, 3.05) is 20.6 Å². The van der Waals surface area contributed by atoms with Crippen molar-refractivity contribution in [3.8, 4) is 0 Å². The molecule has 0 aliphatic carbocycles. The monoisotopic (exact) mass is 307 g/mol. The lowest BCUT2D eigenvalue weighted by atomic mass is 10.0. The zero-order valence-corrected chi connectivity index (χ0v) is 12.4. The summed E-state index contributed by atoms with van der Waals surface area (Å²) < 4.78 is 13.9. The standard InChI is InChI=1S/C14H18FN5O2/c1-20(2)12(9-5-3-4-6-10(9)15)13(21)16-8-7-11-17-14(22)19-18-11/h3-6,12H,7-8H2,1-2H3,(H,16,21)(H2,17,18,19,22)/t12-/m1/s1. The van der Waals surface area contributed by atoms with Crippen LogP contribution in [0.15, 0.2) is 29.1 Å². The Labute approximate surface area is 126 Å². The number of hydrogen-bond donors (Lipinski definition) is 3. The van der Waals surface area contributed by atoms with Gasteiger partial charge in [0.2, 0.25) is 5.91 Å². The summed E-state index contributed by atoms with van der Waals surface area (Å²) in [6.45, 7) is 0.290. The van der Waals surface area contributed by atoms with E-state index >= 15 is 0 Å². The molecular weight excluding hydrogens is 289 g/mol. The number of carbonyl (C=O) groups is 1. The summed E-state index contributed by atoms with van der Waals surface area (Å²) in [6, 6.07) is 5.46. The number of benzene rings is 1. The Morgan fingerprint density at radius 2 is 2.14 bits per heavy atom. The van der Waals surface area contributed by atoms with Crippen LogP contribution >= 0.6 is 0 Å². The number of halogens is 1. The summed E-state index contributed by atoms with van der Waals surface area (Å²) in [5, 5.41) is 8.72. The number of likely N-dealkylation sites (N-methyl/N-ethyl adjacent to an activating group) is 1. The van der Waals surface area contributed by atoms with E-state index < -0.39 is 11.9 Å². The summed E-state index contributed by atoms with van der Waals surface area (Å²) in [5.41, 5.74) is -0.0722. The fraction of sp³-hybridized carbons (Fsp3) is 0.357. The third kappa shape index (κ3) is 3.79. The topological polar surface area (TPSA) is 93.9 Å². The molecule has 0 unspecified atom stereocenters. The van der Waals surface area contributed by atoms with Crippen LogP contribution in [0.5, 0.6) is 0 Å². The van der Waals surface area contributed by atoms with Gasteiger partial charge < -0.3 is 5.32 Å². The molecule has 1 heterocycles. The number of rotatable bonds is 6. The van der Waals surface area contributed by atoms with Crippen molar-refractivity contribution >= 4 is 5.91 Å². The molecule has 1 aromatic carbocycles. The fourth-order valence-corrected chi connectivity index (χ4v) is 2.18. The molecule has 118 valence electrons. The molecule has 1 aromatic heterocycles. The average molecular weight is 307 g/mol. The van der Waals surface area contributed by atoms with E-state index in [1.54, 1.807) is 37.2 Å². The highest BCUT2D eigenvalue weighted by atomic mass is 19.1. The molecule has 7 nitrogen and oxygen atoms in total. The molecule has 2 aromatic rings. The van der Waals surface area contributed by atoms with Crippen molar-refractivity contribution in [3.05, 3.63) is 52.0 Å². The van der Waals surface area contributed by atoms with Gasteiger partial charge in [-0.05, 0) is 20.2 Å². The van der Waals surface area contributed by atoms with Crippen molar-refractivity contribution < 1.29 is 9.18 Å². The predicted octanol–water partition coefficient (Wildman–Crippen LogP) is 0.199. The molecule has 2 rings (SSSR count). The zero-order chi connectivity index (χ0) is 16.1. The van der Waals surface area contributed by atoms with Crippen LogP contribution in [0.4, 0.5) is 4.39 Å². The highest BCUT2D eigenvalue weighted by Crippen LogP contribution is 2.21. The lowest BCUT2D eigenvalue weighted by molar-refractivity contribution is -0.125. The number of H-pyrrole nitrogens is 2. The minimum atomic E-state index is -0.723. The largest absolute Gasteiger partial charge is 0.354 e. The van der Waals surface area contributed by atoms with Crippen LogP contribution < -0.4 is 11.0 Å². The van der Waals surface area contributed by atoms with E-state index in [1.807, 2.05) is 0 Å². The molecule has 0 radical (unpaired) electrons. The number of hydrogen-bond acceptors (Lipinski definition) is 4. The van der Waals surface area contributed by atoms with Crippen molar-refractivity contribution in [3.63, 3.8) is 0 Å². The number of nitrogens with zero attached hydrogens (tertiary/aromatic N) is 2. The predicted molar refractivity (Wildman–Crippen MR) is 78.8 cm³/mol. The van der Waals surface area contributed by atoms with Crippen LogP contribution in [-0.2, 0) is 11.2 Å². The van der Waals surface area contributed by atoms with Crippen LogP contribution in [0.3, 0.4) is 0 Å². The van der Waals surface area contributed by atoms with Crippen molar-refractivity contribution in [2.45, 2.75) is 12.5 Å². The number of nitrogens with one attached hydrogen (secondary N) is 3. The smallest absolute Gasteiger partial charge is 0.340 e. The van der Waals surface area contributed by atoms with E-state index in [0.29, 0.717) is 24.4 Å². The average Bonchev–Trinajstić information content (AvgIpc) is 2.86. The first kappa shape index (κ1) is 15.9. The van der Waals surface area contributed by atoms with E-state index in [1.165, 1.54) is 6.07 Å². The van der Waals surface area contributed by atoms with Crippen LogP contribution in [0.2, 0.25) is 0 Å². The number of carbonyl (C=O) groups excluding carboxylic acids is 1. The van der Waals surface area contributed by atoms with Gasteiger partial charge in [0.05, 0.1) is 0 Å². The lowest BCUT2D eigenvalue weighted by Gasteiger charge is -2.24. The van der Waals surface area contributed by atoms with Crippen molar-refractivity contribution in [1.29, 1.82) is 0 Å². The molecule has 22 heavy (non-hydrogen) atoms. The van der Waals surface area contributed by atoms with Crippen LogP contribution in [0, 0.1) is 5.82 Å². The second-order valence-electron chi connectivity index (χ2n) is 5.05.